The first kappa shape index (κ1) is 21.5. The number of likely N-dealkylation sites (N-methyl/N-ethyl adjacent to an activating group) is 1. The molecule has 2 saturated heterocycles. The van der Waals surface area contributed by atoms with Gasteiger partial charge in [0.2, 0.25) is 5.91 Å². The number of amides is 1. The van der Waals surface area contributed by atoms with Crippen LogP contribution in [0.15, 0.2) is 18.2 Å². The first-order valence-corrected chi connectivity index (χ1v) is 10.7. The molecule has 3 rings (SSSR count). The third-order valence-electron chi connectivity index (χ3n) is 5.95. The van der Waals surface area contributed by atoms with E-state index in [1.54, 1.807) is 12.1 Å². The summed E-state index contributed by atoms with van der Waals surface area (Å²) in [6, 6.07) is 4.80. The molecule has 2 fully saturated rings. The number of benzene rings is 1. The van der Waals surface area contributed by atoms with Crippen molar-refractivity contribution in [1.29, 1.82) is 0 Å². The summed E-state index contributed by atoms with van der Waals surface area (Å²) in [5.41, 5.74) is 0.552. The van der Waals surface area contributed by atoms with Gasteiger partial charge in [0.15, 0.2) is 0 Å². The number of hydrogen-bond donors (Lipinski definition) is 1. The molecule has 0 aliphatic carbocycles. The Labute approximate surface area is 172 Å². The minimum absolute atomic E-state index is 0.0657. The molecule has 1 aromatic rings. The second-order valence-corrected chi connectivity index (χ2v) is 8.45. The highest BCUT2D eigenvalue weighted by molar-refractivity contribution is 6.31. The quantitative estimate of drug-likeness (QED) is 0.701. The molecule has 2 heterocycles. The van der Waals surface area contributed by atoms with E-state index in [9.17, 15) is 9.18 Å². The highest BCUT2D eigenvalue weighted by Gasteiger charge is 2.25. The lowest BCUT2D eigenvalue weighted by Crippen LogP contribution is -2.45. The molecular formula is C21H32ClFN4O. The van der Waals surface area contributed by atoms with Gasteiger partial charge in [0, 0.05) is 55.8 Å². The van der Waals surface area contributed by atoms with Gasteiger partial charge < -0.3 is 15.1 Å². The Balaban J connectivity index is 1.32. The zero-order valence-electron chi connectivity index (χ0n) is 16.8. The molecule has 5 nitrogen and oxygen atoms in total. The Morgan fingerprint density at radius 3 is 2.54 bits per heavy atom. The summed E-state index contributed by atoms with van der Waals surface area (Å²) in [6.07, 6.45) is 2.63. The molecule has 28 heavy (non-hydrogen) atoms. The summed E-state index contributed by atoms with van der Waals surface area (Å²) < 4.78 is 14.0. The maximum Gasteiger partial charge on any atom is 0.223 e. The SMILES string of the molecule is CN1CCN(CCCNC(=O)C2CCN(Cc3c(F)cccc3Cl)CC2)CC1. The van der Waals surface area contributed by atoms with Crippen molar-refractivity contribution in [2.45, 2.75) is 25.8 Å². The Kier molecular flexibility index (Phi) is 8.09. The van der Waals surface area contributed by atoms with Crippen molar-refractivity contribution < 1.29 is 9.18 Å². The number of nitrogens with zero attached hydrogens (tertiary/aromatic N) is 3. The minimum Gasteiger partial charge on any atom is -0.356 e. The zero-order valence-corrected chi connectivity index (χ0v) is 17.6. The monoisotopic (exact) mass is 410 g/mol. The van der Waals surface area contributed by atoms with Crippen molar-refractivity contribution in [2.75, 3.05) is 59.4 Å². The number of likely N-dealkylation sites (tertiary alicyclic amines) is 1. The van der Waals surface area contributed by atoms with Gasteiger partial charge in [0.1, 0.15) is 5.82 Å². The van der Waals surface area contributed by atoms with Crippen LogP contribution in [0.2, 0.25) is 5.02 Å². The number of halogens is 2. The number of nitrogens with one attached hydrogen (secondary N) is 1. The average Bonchev–Trinajstić information content (AvgIpc) is 2.70. The van der Waals surface area contributed by atoms with Crippen LogP contribution in [-0.2, 0) is 11.3 Å². The third kappa shape index (κ3) is 6.14. The maximum absolute atomic E-state index is 14.0. The van der Waals surface area contributed by atoms with Gasteiger partial charge in [-0.2, -0.15) is 0 Å². The Morgan fingerprint density at radius 1 is 1.14 bits per heavy atom. The van der Waals surface area contributed by atoms with E-state index in [1.807, 2.05) is 0 Å². The van der Waals surface area contributed by atoms with E-state index in [2.05, 4.69) is 27.1 Å². The molecule has 7 heteroatoms. The average molecular weight is 411 g/mol. The smallest absolute Gasteiger partial charge is 0.223 e. The molecule has 1 amide bonds. The minimum atomic E-state index is -0.257. The lowest BCUT2D eigenvalue weighted by molar-refractivity contribution is -0.126. The number of hydrogen-bond acceptors (Lipinski definition) is 4. The van der Waals surface area contributed by atoms with E-state index in [0.717, 1.165) is 71.6 Å². The van der Waals surface area contributed by atoms with Crippen molar-refractivity contribution in [3.8, 4) is 0 Å². The molecule has 0 unspecified atom stereocenters. The van der Waals surface area contributed by atoms with E-state index in [1.165, 1.54) is 6.07 Å². The van der Waals surface area contributed by atoms with Gasteiger partial charge in [-0.25, -0.2) is 4.39 Å². The molecule has 2 aliphatic rings. The molecule has 0 atom stereocenters. The van der Waals surface area contributed by atoms with Crippen molar-refractivity contribution in [2.24, 2.45) is 5.92 Å². The number of carbonyl (C=O) groups is 1. The summed E-state index contributed by atoms with van der Waals surface area (Å²) in [5.74, 6) is -0.0225. The number of piperazine rings is 1. The van der Waals surface area contributed by atoms with Crippen LogP contribution in [0.3, 0.4) is 0 Å². The van der Waals surface area contributed by atoms with E-state index < -0.39 is 0 Å². The summed E-state index contributed by atoms with van der Waals surface area (Å²) in [4.78, 5) is 19.4. The predicted octanol–water partition coefficient (Wildman–Crippen LogP) is 2.44. The molecule has 0 radical (unpaired) electrons. The van der Waals surface area contributed by atoms with Crippen LogP contribution in [0.25, 0.3) is 0 Å². The first-order valence-electron chi connectivity index (χ1n) is 10.4. The second kappa shape index (κ2) is 10.5. The van der Waals surface area contributed by atoms with Gasteiger partial charge in [-0.3, -0.25) is 9.69 Å². The van der Waals surface area contributed by atoms with Crippen LogP contribution in [0.4, 0.5) is 4.39 Å². The van der Waals surface area contributed by atoms with Gasteiger partial charge in [0.05, 0.1) is 0 Å². The molecule has 0 aromatic heterocycles. The number of carbonyl (C=O) groups excluding carboxylic acids is 1. The van der Waals surface area contributed by atoms with Crippen LogP contribution in [-0.4, -0.2) is 80.0 Å². The number of piperidine rings is 1. The Hall–Kier alpha value is -1.21. The molecule has 0 saturated carbocycles. The molecule has 156 valence electrons. The van der Waals surface area contributed by atoms with E-state index in [0.29, 0.717) is 17.1 Å². The second-order valence-electron chi connectivity index (χ2n) is 8.04. The standard InChI is InChI=1S/C21H32ClFN4O/c1-25-12-14-26(15-13-25)9-3-8-24-21(28)17-6-10-27(11-7-17)16-18-19(22)4-2-5-20(18)23/h2,4-5,17H,3,6-16H2,1H3,(H,24,28). The normalized spacial score (nSPS) is 20.4. The molecular weight excluding hydrogens is 379 g/mol. The summed E-state index contributed by atoms with van der Waals surface area (Å²) in [5, 5.41) is 3.58. The van der Waals surface area contributed by atoms with Gasteiger partial charge in [-0.15, -0.1) is 0 Å². The molecule has 1 aromatic carbocycles. The van der Waals surface area contributed by atoms with Crippen molar-refractivity contribution in [3.63, 3.8) is 0 Å². The van der Waals surface area contributed by atoms with Gasteiger partial charge >= 0.3 is 0 Å². The fourth-order valence-electron chi connectivity index (χ4n) is 3.99. The van der Waals surface area contributed by atoms with Crippen molar-refractivity contribution >= 4 is 17.5 Å². The fourth-order valence-corrected chi connectivity index (χ4v) is 4.21. The largest absolute Gasteiger partial charge is 0.356 e. The van der Waals surface area contributed by atoms with Crippen LogP contribution < -0.4 is 5.32 Å². The lowest BCUT2D eigenvalue weighted by Gasteiger charge is -2.32. The van der Waals surface area contributed by atoms with Crippen LogP contribution in [0, 0.1) is 11.7 Å². The summed E-state index contributed by atoms with van der Waals surface area (Å²) in [7, 11) is 2.16. The van der Waals surface area contributed by atoms with Gasteiger partial charge in [-0.05, 0) is 58.1 Å². The van der Waals surface area contributed by atoms with Crippen molar-refractivity contribution in [3.05, 3.63) is 34.6 Å². The predicted molar refractivity (Wildman–Crippen MR) is 111 cm³/mol. The van der Waals surface area contributed by atoms with Crippen molar-refractivity contribution in [1.82, 2.24) is 20.0 Å². The van der Waals surface area contributed by atoms with Crippen LogP contribution >= 0.6 is 11.6 Å². The Bertz CT molecular complexity index is 623. The van der Waals surface area contributed by atoms with E-state index >= 15 is 0 Å². The fraction of sp³-hybridized carbons (Fsp3) is 0.667. The maximum atomic E-state index is 14.0. The first-order chi connectivity index (χ1) is 13.5. The third-order valence-corrected chi connectivity index (χ3v) is 6.30. The molecule has 0 spiro atoms. The highest BCUT2D eigenvalue weighted by Crippen LogP contribution is 2.24. The lowest BCUT2D eigenvalue weighted by atomic mass is 9.95. The van der Waals surface area contributed by atoms with Crippen LogP contribution in [0.5, 0.6) is 0 Å². The van der Waals surface area contributed by atoms with Crippen LogP contribution in [0.1, 0.15) is 24.8 Å². The summed E-state index contributed by atoms with van der Waals surface area (Å²) >= 11 is 6.13. The molecule has 0 bridgehead atoms. The summed E-state index contributed by atoms with van der Waals surface area (Å²) in [6.45, 7) is 8.39. The molecule has 2 aliphatic heterocycles. The number of rotatable bonds is 7. The highest BCUT2D eigenvalue weighted by atomic mass is 35.5. The topological polar surface area (TPSA) is 38.8 Å². The van der Waals surface area contributed by atoms with Gasteiger partial charge in [-0.1, -0.05) is 17.7 Å². The van der Waals surface area contributed by atoms with Gasteiger partial charge in [0.25, 0.3) is 0 Å². The zero-order chi connectivity index (χ0) is 19.9. The Morgan fingerprint density at radius 2 is 1.86 bits per heavy atom. The van der Waals surface area contributed by atoms with E-state index in [4.69, 9.17) is 11.6 Å². The van der Waals surface area contributed by atoms with E-state index in [-0.39, 0.29) is 17.6 Å². The molecule has 1 N–H and O–H groups in total.